The zero-order chi connectivity index (χ0) is 17.3. The Hall–Kier alpha value is -1.83. The minimum Gasteiger partial charge on any atom is -0.352 e. The number of amides is 2. The molecular formula is C16H22N4O3S. The number of hydrogen-bond acceptors (Lipinski definition) is 5. The number of aromatic nitrogens is 2. The molecular weight excluding hydrogens is 328 g/mol. The highest BCUT2D eigenvalue weighted by Gasteiger charge is 2.31. The van der Waals surface area contributed by atoms with Gasteiger partial charge in [0.05, 0.1) is 16.8 Å². The van der Waals surface area contributed by atoms with Gasteiger partial charge in [0.2, 0.25) is 11.8 Å². The summed E-state index contributed by atoms with van der Waals surface area (Å²) in [7, 11) is 0. The van der Waals surface area contributed by atoms with Crippen LogP contribution in [0.1, 0.15) is 39.5 Å². The lowest BCUT2D eigenvalue weighted by Crippen LogP contribution is -2.46. The molecule has 8 heteroatoms. The zero-order valence-electron chi connectivity index (χ0n) is 13.9. The Bertz CT molecular complexity index is 710. The summed E-state index contributed by atoms with van der Waals surface area (Å²) in [5, 5.41) is 7.06. The first-order chi connectivity index (χ1) is 11.5. The molecule has 1 N–H and O–H groups in total. The average Bonchev–Trinajstić information content (AvgIpc) is 3.02. The number of carbonyl (C=O) groups is 2. The van der Waals surface area contributed by atoms with Gasteiger partial charge in [0.15, 0.2) is 0 Å². The van der Waals surface area contributed by atoms with Crippen LogP contribution in [0.5, 0.6) is 0 Å². The van der Waals surface area contributed by atoms with Crippen molar-refractivity contribution in [3.05, 3.63) is 16.6 Å². The van der Waals surface area contributed by atoms with Crippen molar-refractivity contribution in [2.45, 2.75) is 63.1 Å². The highest BCUT2D eigenvalue weighted by molar-refractivity contribution is 8.00. The second-order valence-electron chi connectivity index (χ2n) is 6.52. The van der Waals surface area contributed by atoms with Crippen LogP contribution in [0.2, 0.25) is 0 Å². The van der Waals surface area contributed by atoms with E-state index in [1.165, 1.54) is 16.7 Å². The van der Waals surface area contributed by atoms with Crippen LogP contribution in [0.3, 0.4) is 0 Å². The summed E-state index contributed by atoms with van der Waals surface area (Å²) in [5.41, 5.74) is -0.0433. The Morgan fingerprint density at radius 3 is 2.75 bits per heavy atom. The molecule has 1 fully saturated rings. The third-order valence-electron chi connectivity index (χ3n) is 4.38. The zero-order valence-corrected chi connectivity index (χ0v) is 14.8. The summed E-state index contributed by atoms with van der Waals surface area (Å²) >= 11 is 1.32. The molecule has 0 saturated heterocycles. The van der Waals surface area contributed by atoms with E-state index in [-0.39, 0.29) is 36.0 Å². The molecule has 24 heavy (non-hydrogen) atoms. The largest absolute Gasteiger partial charge is 0.352 e. The molecule has 0 spiro atoms. The van der Waals surface area contributed by atoms with Gasteiger partial charge in [0, 0.05) is 12.1 Å². The summed E-state index contributed by atoms with van der Waals surface area (Å²) < 4.78 is 1.15. The number of thioether (sulfide) groups is 1. The highest BCUT2D eigenvalue weighted by Crippen LogP contribution is 2.32. The van der Waals surface area contributed by atoms with Crippen molar-refractivity contribution in [1.29, 1.82) is 0 Å². The molecule has 2 heterocycles. The minimum atomic E-state index is -0.386. The lowest BCUT2D eigenvalue weighted by Gasteiger charge is -2.31. The molecule has 0 unspecified atom stereocenters. The molecule has 1 aromatic rings. The summed E-state index contributed by atoms with van der Waals surface area (Å²) in [6.07, 6.45) is 5.82. The second kappa shape index (κ2) is 6.96. The van der Waals surface area contributed by atoms with Gasteiger partial charge in [-0.15, -0.1) is 11.8 Å². The predicted octanol–water partition coefficient (Wildman–Crippen LogP) is 1.15. The maximum Gasteiger partial charge on any atom is 0.292 e. The first-order valence-electron chi connectivity index (χ1n) is 8.31. The van der Waals surface area contributed by atoms with E-state index in [1.54, 1.807) is 6.20 Å². The summed E-state index contributed by atoms with van der Waals surface area (Å²) in [4.78, 5) is 39.3. The molecule has 2 amide bonds. The van der Waals surface area contributed by atoms with Crippen LogP contribution in [0, 0.1) is 0 Å². The SMILES string of the molecule is CC(C)N1C(=O)CSc2cnn(CC(=O)NC3CCCC3)c(=O)c21. The van der Waals surface area contributed by atoms with Crippen molar-refractivity contribution in [3.63, 3.8) is 0 Å². The summed E-state index contributed by atoms with van der Waals surface area (Å²) in [5.74, 6) is 0.00784. The van der Waals surface area contributed by atoms with Gasteiger partial charge >= 0.3 is 0 Å². The molecule has 1 aromatic heterocycles. The Labute approximate surface area is 144 Å². The van der Waals surface area contributed by atoms with Gasteiger partial charge < -0.3 is 10.2 Å². The van der Waals surface area contributed by atoms with Crippen LogP contribution in [0.15, 0.2) is 15.9 Å². The third-order valence-corrected chi connectivity index (χ3v) is 5.38. The van der Waals surface area contributed by atoms with Gasteiger partial charge in [-0.3, -0.25) is 14.4 Å². The van der Waals surface area contributed by atoms with Gasteiger partial charge in [-0.05, 0) is 26.7 Å². The lowest BCUT2D eigenvalue weighted by molar-refractivity contribution is -0.122. The second-order valence-corrected chi connectivity index (χ2v) is 7.53. The number of nitrogens with zero attached hydrogens (tertiary/aromatic N) is 3. The maximum absolute atomic E-state index is 12.8. The van der Waals surface area contributed by atoms with Gasteiger partial charge in [0.25, 0.3) is 5.56 Å². The number of fused-ring (bicyclic) bond motifs is 1. The van der Waals surface area contributed by atoms with Crippen molar-refractivity contribution < 1.29 is 9.59 Å². The van der Waals surface area contributed by atoms with Gasteiger partial charge in [0.1, 0.15) is 12.2 Å². The van der Waals surface area contributed by atoms with Gasteiger partial charge in [-0.1, -0.05) is 12.8 Å². The molecule has 0 bridgehead atoms. The van der Waals surface area contributed by atoms with Crippen LogP contribution >= 0.6 is 11.8 Å². The van der Waals surface area contributed by atoms with E-state index in [9.17, 15) is 14.4 Å². The molecule has 0 atom stereocenters. The number of rotatable bonds is 4. The first-order valence-corrected chi connectivity index (χ1v) is 9.30. The van der Waals surface area contributed by atoms with E-state index in [0.717, 1.165) is 30.4 Å². The first kappa shape index (κ1) is 17.0. The van der Waals surface area contributed by atoms with Crippen molar-refractivity contribution >= 4 is 29.3 Å². The molecule has 1 saturated carbocycles. The maximum atomic E-state index is 12.8. The smallest absolute Gasteiger partial charge is 0.292 e. The minimum absolute atomic E-state index is 0.0900. The molecule has 130 valence electrons. The Balaban J connectivity index is 1.84. The molecule has 1 aliphatic heterocycles. The fourth-order valence-corrected chi connectivity index (χ4v) is 4.12. The molecule has 0 aromatic carbocycles. The predicted molar refractivity (Wildman–Crippen MR) is 92.2 cm³/mol. The number of anilines is 1. The Kier molecular flexibility index (Phi) is 4.93. The molecule has 2 aliphatic rings. The van der Waals surface area contributed by atoms with E-state index in [1.807, 2.05) is 13.8 Å². The number of nitrogens with one attached hydrogen (secondary N) is 1. The monoisotopic (exact) mass is 350 g/mol. The van der Waals surface area contributed by atoms with Crippen LogP contribution in [0.4, 0.5) is 5.69 Å². The van der Waals surface area contributed by atoms with E-state index in [2.05, 4.69) is 10.4 Å². The third kappa shape index (κ3) is 3.33. The number of hydrogen-bond donors (Lipinski definition) is 1. The van der Waals surface area contributed by atoms with E-state index in [0.29, 0.717) is 16.3 Å². The van der Waals surface area contributed by atoms with Crippen LogP contribution < -0.4 is 15.8 Å². The summed E-state index contributed by atoms with van der Waals surface area (Å²) in [6, 6.07) is 0.0862. The van der Waals surface area contributed by atoms with Crippen molar-refractivity contribution in [2.24, 2.45) is 0 Å². The van der Waals surface area contributed by atoms with Gasteiger partial charge in [-0.25, -0.2) is 4.68 Å². The fraction of sp³-hybridized carbons (Fsp3) is 0.625. The molecule has 0 radical (unpaired) electrons. The van der Waals surface area contributed by atoms with E-state index < -0.39 is 0 Å². The van der Waals surface area contributed by atoms with Gasteiger partial charge in [-0.2, -0.15) is 5.10 Å². The standard InChI is InChI=1S/C16H22N4O3S/c1-10(2)20-14(22)9-24-12-7-17-19(16(23)15(12)20)8-13(21)18-11-5-3-4-6-11/h7,10-11H,3-6,8-9H2,1-2H3,(H,18,21). The topological polar surface area (TPSA) is 84.3 Å². The quantitative estimate of drug-likeness (QED) is 0.880. The average molecular weight is 350 g/mol. The lowest BCUT2D eigenvalue weighted by atomic mass is 10.2. The highest BCUT2D eigenvalue weighted by atomic mass is 32.2. The number of carbonyl (C=O) groups excluding carboxylic acids is 2. The van der Waals surface area contributed by atoms with E-state index in [4.69, 9.17) is 0 Å². The van der Waals surface area contributed by atoms with Crippen molar-refractivity contribution in [1.82, 2.24) is 15.1 Å². The van der Waals surface area contributed by atoms with Crippen LogP contribution in [-0.2, 0) is 16.1 Å². The molecule has 3 rings (SSSR count). The normalized spacial score (nSPS) is 18.1. The van der Waals surface area contributed by atoms with Crippen molar-refractivity contribution in [3.8, 4) is 0 Å². The van der Waals surface area contributed by atoms with Crippen LogP contribution in [0.25, 0.3) is 0 Å². The fourth-order valence-electron chi connectivity index (χ4n) is 3.26. The van der Waals surface area contributed by atoms with Crippen LogP contribution in [-0.4, -0.2) is 39.4 Å². The van der Waals surface area contributed by atoms with Crippen molar-refractivity contribution in [2.75, 3.05) is 10.7 Å². The Morgan fingerprint density at radius 2 is 2.08 bits per heavy atom. The van der Waals surface area contributed by atoms with E-state index >= 15 is 0 Å². The molecule has 1 aliphatic carbocycles. The Morgan fingerprint density at radius 1 is 1.38 bits per heavy atom. The summed E-state index contributed by atoms with van der Waals surface area (Å²) in [6.45, 7) is 3.62. The molecule has 7 nitrogen and oxygen atoms in total.